The zero-order chi connectivity index (χ0) is 15.1. The number of hydrogen-bond donors (Lipinski definition) is 2. The number of hydrogen-bond acceptors (Lipinski definition) is 5. The van der Waals surface area contributed by atoms with E-state index in [2.05, 4.69) is 10.3 Å². The van der Waals surface area contributed by atoms with Crippen molar-refractivity contribution in [2.45, 2.75) is 6.54 Å². The maximum Gasteiger partial charge on any atom is 0.258 e. The number of para-hydroxylation sites is 2. The normalized spacial score (nSPS) is 9.95. The highest BCUT2D eigenvalue weighted by molar-refractivity contribution is 5.77. The molecule has 0 spiro atoms. The van der Waals surface area contributed by atoms with E-state index in [-0.39, 0.29) is 24.0 Å². The summed E-state index contributed by atoms with van der Waals surface area (Å²) in [6, 6.07) is 10.0. The van der Waals surface area contributed by atoms with Crippen molar-refractivity contribution in [1.82, 2.24) is 10.3 Å². The number of phenolic OH excluding ortho intramolecular Hbond substituents is 1. The van der Waals surface area contributed by atoms with Gasteiger partial charge in [-0.1, -0.05) is 18.2 Å². The number of methoxy groups -OCH3 is 1. The molecule has 21 heavy (non-hydrogen) atoms. The Morgan fingerprint density at radius 1 is 1.29 bits per heavy atom. The molecule has 2 N–H and O–H groups in total. The monoisotopic (exact) mass is 288 g/mol. The minimum Gasteiger partial charge on any atom is -0.504 e. The van der Waals surface area contributed by atoms with Gasteiger partial charge in [0.05, 0.1) is 7.11 Å². The molecular formula is C15H16N2O4. The predicted molar refractivity (Wildman–Crippen MR) is 76.2 cm³/mol. The van der Waals surface area contributed by atoms with Crippen molar-refractivity contribution in [3.63, 3.8) is 0 Å². The third-order valence-corrected chi connectivity index (χ3v) is 2.72. The van der Waals surface area contributed by atoms with Gasteiger partial charge in [-0.3, -0.25) is 4.79 Å². The number of amides is 1. The average Bonchev–Trinajstić information content (AvgIpc) is 2.52. The largest absolute Gasteiger partial charge is 0.504 e. The van der Waals surface area contributed by atoms with E-state index in [9.17, 15) is 9.90 Å². The van der Waals surface area contributed by atoms with Crippen LogP contribution in [0.25, 0.3) is 0 Å². The number of aromatic hydroxyl groups is 1. The van der Waals surface area contributed by atoms with E-state index in [0.29, 0.717) is 12.4 Å². The summed E-state index contributed by atoms with van der Waals surface area (Å²) in [6.07, 6.45) is 1.63. The molecule has 6 nitrogen and oxygen atoms in total. The lowest BCUT2D eigenvalue weighted by molar-refractivity contribution is -0.123. The fourth-order valence-corrected chi connectivity index (χ4v) is 1.61. The van der Waals surface area contributed by atoms with E-state index in [1.165, 1.54) is 6.07 Å². The Bertz CT molecular complexity index is 599. The Labute approximate surface area is 122 Å². The molecule has 0 bridgehead atoms. The molecule has 1 aromatic heterocycles. The lowest BCUT2D eigenvalue weighted by Gasteiger charge is -2.08. The first kappa shape index (κ1) is 14.6. The van der Waals surface area contributed by atoms with Crippen molar-refractivity contribution in [2.75, 3.05) is 13.7 Å². The summed E-state index contributed by atoms with van der Waals surface area (Å²) in [6.45, 7) is 0.182. The third-order valence-electron chi connectivity index (χ3n) is 2.72. The molecule has 1 aromatic carbocycles. The van der Waals surface area contributed by atoms with Gasteiger partial charge in [-0.25, -0.2) is 4.98 Å². The minimum absolute atomic E-state index is 0.00431. The first-order valence-corrected chi connectivity index (χ1v) is 6.35. The molecule has 0 radical (unpaired) electrons. The minimum atomic E-state index is -0.283. The standard InChI is InChI=1S/C15H16N2O4/c1-20-15-7-6-11(9-17-15)8-16-14(19)10-21-13-5-3-2-4-12(13)18/h2-7,9,18H,8,10H2,1H3,(H,16,19). The number of carbonyl (C=O) groups is 1. The third kappa shape index (κ3) is 4.38. The van der Waals surface area contributed by atoms with E-state index < -0.39 is 0 Å². The Kier molecular flexibility index (Phi) is 4.98. The fourth-order valence-electron chi connectivity index (χ4n) is 1.61. The molecular weight excluding hydrogens is 272 g/mol. The van der Waals surface area contributed by atoms with E-state index in [0.717, 1.165) is 5.56 Å². The quantitative estimate of drug-likeness (QED) is 0.841. The van der Waals surface area contributed by atoms with Crippen LogP contribution in [0.15, 0.2) is 42.6 Å². The number of benzene rings is 1. The van der Waals surface area contributed by atoms with Crippen LogP contribution in [0.4, 0.5) is 0 Å². The van der Waals surface area contributed by atoms with Crippen molar-refractivity contribution in [3.8, 4) is 17.4 Å². The summed E-state index contributed by atoms with van der Waals surface area (Å²) in [5.74, 6) is 0.519. The number of phenols is 1. The van der Waals surface area contributed by atoms with Gasteiger partial charge in [-0.2, -0.15) is 0 Å². The summed E-state index contributed by atoms with van der Waals surface area (Å²) in [7, 11) is 1.54. The van der Waals surface area contributed by atoms with Crippen LogP contribution in [0.1, 0.15) is 5.56 Å². The van der Waals surface area contributed by atoms with Crippen LogP contribution < -0.4 is 14.8 Å². The van der Waals surface area contributed by atoms with Crippen LogP contribution >= 0.6 is 0 Å². The van der Waals surface area contributed by atoms with E-state index in [1.54, 1.807) is 37.6 Å². The van der Waals surface area contributed by atoms with Gasteiger partial charge >= 0.3 is 0 Å². The topological polar surface area (TPSA) is 80.7 Å². The number of pyridine rings is 1. The second-order valence-electron chi connectivity index (χ2n) is 4.24. The predicted octanol–water partition coefficient (Wildman–Crippen LogP) is 1.49. The molecule has 0 unspecified atom stereocenters. The van der Waals surface area contributed by atoms with Crippen molar-refractivity contribution >= 4 is 5.91 Å². The van der Waals surface area contributed by atoms with E-state index in [4.69, 9.17) is 9.47 Å². The van der Waals surface area contributed by atoms with Gasteiger partial charge in [0, 0.05) is 18.8 Å². The average molecular weight is 288 g/mol. The lowest BCUT2D eigenvalue weighted by Crippen LogP contribution is -2.28. The number of rotatable bonds is 6. The fraction of sp³-hybridized carbons (Fsp3) is 0.200. The number of nitrogens with zero attached hydrogens (tertiary/aromatic N) is 1. The molecule has 0 fully saturated rings. The van der Waals surface area contributed by atoms with Gasteiger partial charge < -0.3 is 19.9 Å². The van der Waals surface area contributed by atoms with Crippen molar-refractivity contribution in [3.05, 3.63) is 48.2 Å². The number of aromatic nitrogens is 1. The zero-order valence-electron chi connectivity index (χ0n) is 11.6. The van der Waals surface area contributed by atoms with Crippen molar-refractivity contribution in [2.24, 2.45) is 0 Å². The van der Waals surface area contributed by atoms with Crippen LogP contribution in [-0.2, 0) is 11.3 Å². The van der Waals surface area contributed by atoms with Gasteiger partial charge in [-0.05, 0) is 17.7 Å². The van der Waals surface area contributed by atoms with Gasteiger partial charge in [0.2, 0.25) is 5.88 Å². The van der Waals surface area contributed by atoms with Gasteiger partial charge in [-0.15, -0.1) is 0 Å². The van der Waals surface area contributed by atoms with Gasteiger partial charge in [0.15, 0.2) is 18.1 Å². The van der Waals surface area contributed by atoms with Crippen molar-refractivity contribution < 1.29 is 19.4 Å². The highest BCUT2D eigenvalue weighted by atomic mass is 16.5. The van der Waals surface area contributed by atoms with Gasteiger partial charge in [0.25, 0.3) is 5.91 Å². The molecule has 0 aliphatic heterocycles. The number of ether oxygens (including phenoxy) is 2. The van der Waals surface area contributed by atoms with Crippen molar-refractivity contribution in [1.29, 1.82) is 0 Å². The van der Waals surface area contributed by atoms with E-state index in [1.807, 2.05) is 6.07 Å². The Morgan fingerprint density at radius 3 is 2.76 bits per heavy atom. The molecule has 110 valence electrons. The van der Waals surface area contributed by atoms with Crippen LogP contribution in [0, 0.1) is 0 Å². The summed E-state index contributed by atoms with van der Waals surface area (Å²) < 4.78 is 10.2. The summed E-state index contributed by atoms with van der Waals surface area (Å²) in [5.41, 5.74) is 0.853. The summed E-state index contributed by atoms with van der Waals surface area (Å²) >= 11 is 0. The second kappa shape index (κ2) is 7.14. The zero-order valence-corrected chi connectivity index (χ0v) is 11.6. The molecule has 1 heterocycles. The first-order chi connectivity index (χ1) is 10.2. The highest BCUT2D eigenvalue weighted by Gasteiger charge is 2.05. The number of nitrogens with one attached hydrogen (secondary N) is 1. The van der Waals surface area contributed by atoms with Crippen LogP contribution in [0.3, 0.4) is 0 Å². The molecule has 0 aliphatic rings. The maximum atomic E-state index is 11.7. The highest BCUT2D eigenvalue weighted by Crippen LogP contribution is 2.23. The summed E-state index contributed by atoms with van der Waals surface area (Å²) in [4.78, 5) is 15.7. The Morgan fingerprint density at radius 2 is 2.10 bits per heavy atom. The smallest absolute Gasteiger partial charge is 0.258 e. The second-order valence-corrected chi connectivity index (χ2v) is 4.24. The lowest BCUT2D eigenvalue weighted by atomic mass is 10.3. The molecule has 2 rings (SSSR count). The van der Waals surface area contributed by atoms with Crippen LogP contribution in [0.5, 0.6) is 17.4 Å². The first-order valence-electron chi connectivity index (χ1n) is 6.35. The maximum absolute atomic E-state index is 11.7. The number of carbonyl (C=O) groups excluding carboxylic acids is 1. The molecule has 0 aliphatic carbocycles. The Balaban J connectivity index is 1.78. The van der Waals surface area contributed by atoms with Gasteiger partial charge in [0.1, 0.15) is 0 Å². The molecule has 0 atom stereocenters. The van der Waals surface area contributed by atoms with Crippen LogP contribution in [-0.4, -0.2) is 29.7 Å². The molecule has 2 aromatic rings. The molecule has 6 heteroatoms. The van der Waals surface area contributed by atoms with Crippen LogP contribution in [0.2, 0.25) is 0 Å². The molecule has 0 saturated heterocycles. The Hall–Kier alpha value is -2.76. The van der Waals surface area contributed by atoms with E-state index >= 15 is 0 Å². The summed E-state index contributed by atoms with van der Waals surface area (Å²) in [5, 5.41) is 12.2. The SMILES string of the molecule is COc1ccc(CNC(=O)COc2ccccc2O)cn1. The molecule has 0 saturated carbocycles. The molecule has 1 amide bonds.